The van der Waals surface area contributed by atoms with Crippen LogP contribution in [0.1, 0.15) is 9.75 Å². The van der Waals surface area contributed by atoms with Gasteiger partial charge in [-0.15, -0.1) is 11.3 Å². The second-order valence-corrected chi connectivity index (χ2v) is 5.91. The summed E-state index contributed by atoms with van der Waals surface area (Å²) in [7, 11) is 0. The third-order valence-corrected chi connectivity index (χ3v) is 4.04. The van der Waals surface area contributed by atoms with Gasteiger partial charge < -0.3 is 10.1 Å². The van der Waals surface area contributed by atoms with E-state index >= 15 is 0 Å². The van der Waals surface area contributed by atoms with Crippen LogP contribution in [0.5, 0.6) is 5.75 Å². The molecule has 0 saturated carbocycles. The van der Waals surface area contributed by atoms with Crippen LogP contribution in [-0.2, 0) is 0 Å². The Bertz CT molecular complexity index is 833. The average Bonchev–Trinajstić information content (AvgIpc) is 2.70. The maximum atomic E-state index is 11.8. The maximum absolute atomic E-state index is 11.8. The Morgan fingerprint density at radius 2 is 2.05 bits per heavy atom. The van der Waals surface area contributed by atoms with Crippen molar-refractivity contribution in [2.45, 2.75) is 13.8 Å². The third kappa shape index (κ3) is 1.92. The number of nitrogens with one attached hydrogen (secondary N) is 1. The number of H-pyrrole nitrogens is 1. The quantitative estimate of drug-likeness (QED) is 0.715. The Labute approximate surface area is 113 Å². The molecule has 0 aliphatic heterocycles. The van der Waals surface area contributed by atoms with Crippen LogP contribution >= 0.6 is 11.3 Å². The van der Waals surface area contributed by atoms with Crippen LogP contribution in [0.4, 0.5) is 0 Å². The molecule has 2 aromatic heterocycles. The average molecular weight is 272 g/mol. The highest BCUT2D eigenvalue weighted by Crippen LogP contribution is 2.34. The van der Waals surface area contributed by atoms with E-state index in [1.54, 1.807) is 23.5 Å². The van der Waals surface area contributed by atoms with Gasteiger partial charge >= 0.3 is 0 Å². The molecular formula is C14H12N2O2S. The smallest absolute Gasteiger partial charge is 0.258 e. The van der Waals surface area contributed by atoms with Gasteiger partial charge in [0.05, 0.1) is 11.7 Å². The number of fused-ring (bicyclic) bond motifs is 1. The fourth-order valence-corrected chi connectivity index (χ4v) is 3.18. The van der Waals surface area contributed by atoms with E-state index in [1.807, 2.05) is 13.8 Å². The summed E-state index contributed by atoms with van der Waals surface area (Å²) in [6.07, 6.45) is 1.30. The first kappa shape index (κ1) is 11.9. The standard InChI is InChI=1S/C14H12N2O2S/c1-7-3-10(8(2)19-7)9-4-11-13(12(17)5-9)15-6-16-14(11)18/h3-6,17H,1-2H3,(H,15,16,18). The summed E-state index contributed by atoms with van der Waals surface area (Å²) < 4.78 is 0. The lowest BCUT2D eigenvalue weighted by molar-refractivity contribution is 0.480. The number of phenols is 1. The fourth-order valence-electron chi connectivity index (χ4n) is 2.23. The highest BCUT2D eigenvalue weighted by Gasteiger charge is 2.11. The van der Waals surface area contributed by atoms with Crippen LogP contribution in [-0.4, -0.2) is 15.1 Å². The molecule has 0 radical (unpaired) electrons. The van der Waals surface area contributed by atoms with Gasteiger partial charge in [0.1, 0.15) is 11.3 Å². The Kier molecular flexibility index (Phi) is 2.64. The Morgan fingerprint density at radius 1 is 1.26 bits per heavy atom. The predicted molar refractivity (Wildman–Crippen MR) is 76.8 cm³/mol. The predicted octanol–water partition coefficient (Wildman–Crippen LogP) is 2.97. The molecule has 4 nitrogen and oxygen atoms in total. The second kappa shape index (κ2) is 4.20. The van der Waals surface area contributed by atoms with E-state index in [4.69, 9.17) is 0 Å². The van der Waals surface area contributed by atoms with E-state index in [-0.39, 0.29) is 11.3 Å². The molecule has 1 aromatic carbocycles. The summed E-state index contributed by atoms with van der Waals surface area (Å²) in [5.74, 6) is 0.0295. The molecule has 0 spiro atoms. The number of aromatic hydroxyl groups is 1. The van der Waals surface area contributed by atoms with E-state index in [9.17, 15) is 9.90 Å². The van der Waals surface area contributed by atoms with Gasteiger partial charge in [-0.05, 0) is 43.2 Å². The number of aromatic amines is 1. The highest BCUT2D eigenvalue weighted by atomic mass is 32.1. The summed E-state index contributed by atoms with van der Waals surface area (Å²) >= 11 is 1.70. The van der Waals surface area contributed by atoms with Crippen molar-refractivity contribution in [2.24, 2.45) is 0 Å². The number of hydrogen-bond acceptors (Lipinski definition) is 4. The minimum absolute atomic E-state index is 0.0295. The molecule has 19 heavy (non-hydrogen) atoms. The van der Waals surface area contributed by atoms with E-state index in [2.05, 4.69) is 16.0 Å². The zero-order chi connectivity index (χ0) is 13.6. The first-order valence-electron chi connectivity index (χ1n) is 5.84. The first-order chi connectivity index (χ1) is 9.06. The summed E-state index contributed by atoms with van der Waals surface area (Å²) in [5, 5.41) is 10.4. The van der Waals surface area contributed by atoms with Gasteiger partial charge in [-0.2, -0.15) is 0 Å². The SMILES string of the molecule is Cc1cc(-c2cc(O)c3nc[nH]c(=O)c3c2)c(C)s1. The molecule has 2 heterocycles. The third-order valence-electron chi connectivity index (χ3n) is 3.08. The van der Waals surface area contributed by atoms with Gasteiger partial charge in [0.2, 0.25) is 0 Å². The van der Waals surface area contributed by atoms with E-state index in [0.717, 1.165) is 16.0 Å². The number of hydrogen-bond donors (Lipinski definition) is 2. The van der Waals surface area contributed by atoms with Crippen molar-refractivity contribution in [1.82, 2.24) is 9.97 Å². The van der Waals surface area contributed by atoms with Crippen molar-refractivity contribution < 1.29 is 5.11 Å². The van der Waals surface area contributed by atoms with Crippen molar-refractivity contribution in [2.75, 3.05) is 0 Å². The van der Waals surface area contributed by atoms with Gasteiger partial charge in [0, 0.05) is 9.75 Å². The monoisotopic (exact) mass is 272 g/mol. The van der Waals surface area contributed by atoms with Crippen LogP contribution in [0.25, 0.3) is 22.0 Å². The molecule has 2 N–H and O–H groups in total. The molecular weight excluding hydrogens is 260 g/mol. The Balaban J connectivity index is 2.35. The summed E-state index contributed by atoms with van der Waals surface area (Å²) in [4.78, 5) is 20.7. The minimum Gasteiger partial charge on any atom is -0.506 e. The Morgan fingerprint density at radius 3 is 2.74 bits per heavy atom. The molecule has 5 heteroatoms. The molecule has 3 aromatic rings. The molecule has 0 unspecified atom stereocenters. The zero-order valence-corrected chi connectivity index (χ0v) is 11.3. The lowest BCUT2D eigenvalue weighted by atomic mass is 10.0. The van der Waals surface area contributed by atoms with Crippen LogP contribution < -0.4 is 5.56 Å². The lowest BCUT2D eigenvalue weighted by Gasteiger charge is -2.04. The van der Waals surface area contributed by atoms with Crippen LogP contribution in [0.3, 0.4) is 0 Å². The molecule has 0 fully saturated rings. The molecule has 96 valence electrons. The van der Waals surface area contributed by atoms with E-state index in [1.165, 1.54) is 11.2 Å². The maximum Gasteiger partial charge on any atom is 0.258 e. The summed E-state index contributed by atoms with van der Waals surface area (Å²) in [6, 6.07) is 5.49. The molecule has 0 atom stereocenters. The summed E-state index contributed by atoms with van der Waals surface area (Å²) in [5.41, 5.74) is 1.97. The van der Waals surface area contributed by atoms with Crippen LogP contribution in [0, 0.1) is 13.8 Å². The highest BCUT2D eigenvalue weighted by molar-refractivity contribution is 7.12. The van der Waals surface area contributed by atoms with Crippen LogP contribution in [0.2, 0.25) is 0 Å². The van der Waals surface area contributed by atoms with Crippen molar-refractivity contribution in [3.8, 4) is 16.9 Å². The summed E-state index contributed by atoms with van der Waals surface area (Å²) in [6.45, 7) is 4.07. The van der Waals surface area contributed by atoms with Gasteiger partial charge in [-0.1, -0.05) is 0 Å². The molecule has 0 saturated heterocycles. The number of rotatable bonds is 1. The number of benzene rings is 1. The number of aryl methyl sites for hydroxylation is 2. The normalized spacial score (nSPS) is 11.1. The van der Waals surface area contributed by atoms with Crippen molar-refractivity contribution in [3.05, 3.63) is 44.6 Å². The van der Waals surface area contributed by atoms with Crippen LogP contribution in [0.15, 0.2) is 29.3 Å². The lowest BCUT2D eigenvalue weighted by Crippen LogP contribution is -2.06. The minimum atomic E-state index is -0.244. The van der Waals surface area contributed by atoms with Gasteiger partial charge in [0.25, 0.3) is 5.56 Å². The number of phenolic OH excluding ortho intramolecular Hbond substituents is 1. The number of nitrogens with zero attached hydrogens (tertiary/aromatic N) is 1. The van der Waals surface area contributed by atoms with E-state index < -0.39 is 0 Å². The van der Waals surface area contributed by atoms with Gasteiger partial charge in [-0.25, -0.2) is 4.98 Å². The van der Waals surface area contributed by atoms with Crippen molar-refractivity contribution in [3.63, 3.8) is 0 Å². The second-order valence-electron chi connectivity index (χ2n) is 4.45. The van der Waals surface area contributed by atoms with Crippen molar-refractivity contribution >= 4 is 22.2 Å². The molecule has 0 aliphatic carbocycles. The van der Waals surface area contributed by atoms with Gasteiger partial charge in [0.15, 0.2) is 0 Å². The fraction of sp³-hybridized carbons (Fsp3) is 0.143. The molecule has 0 amide bonds. The number of thiophene rings is 1. The van der Waals surface area contributed by atoms with Crippen molar-refractivity contribution in [1.29, 1.82) is 0 Å². The van der Waals surface area contributed by atoms with Gasteiger partial charge in [-0.3, -0.25) is 4.79 Å². The number of aromatic nitrogens is 2. The zero-order valence-electron chi connectivity index (χ0n) is 10.5. The topological polar surface area (TPSA) is 66.0 Å². The van der Waals surface area contributed by atoms with E-state index in [0.29, 0.717) is 10.9 Å². The molecule has 0 bridgehead atoms. The first-order valence-corrected chi connectivity index (χ1v) is 6.66. The molecule has 0 aliphatic rings. The molecule has 3 rings (SSSR count). The Hall–Kier alpha value is -2.14. The largest absolute Gasteiger partial charge is 0.506 e.